The lowest BCUT2D eigenvalue weighted by Gasteiger charge is -2.28. The van der Waals surface area contributed by atoms with Crippen molar-refractivity contribution in [2.75, 3.05) is 19.8 Å². The van der Waals surface area contributed by atoms with Crippen LogP contribution >= 0.6 is 0 Å². The average molecular weight is 625 g/mol. The van der Waals surface area contributed by atoms with Gasteiger partial charge >= 0.3 is 5.97 Å². The van der Waals surface area contributed by atoms with Crippen LogP contribution in [-0.2, 0) is 35.3 Å². The number of nitrogens with one attached hydrogen (secondary N) is 3. The number of ether oxygens (including phenoxy) is 2. The number of carbonyl (C=O) groups is 5. The van der Waals surface area contributed by atoms with E-state index in [4.69, 9.17) is 9.47 Å². The van der Waals surface area contributed by atoms with E-state index >= 15 is 0 Å². The smallest absolute Gasteiger partial charge is 0.325 e. The molecule has 0 heterocycles. The highest BCUT2D eigenvalue weighted by molar-refractivity contribution is 6.38. The Labute approximate surface area is 261 Å². The van der Waals surface area contributed by atoms with Crippen LogP contribution in [0.5, 0.6) is 0 Å². The number of carbonyl (C=O) groups excluding carboxylic acids is 5. The molecule has 1 aliphatic rings. The predicted octanol–water partition coefficient (Wildman–Crippen LogP) is 2.92. The predicted molar refractivity (Wildman–Crippen MR) is 163 cm³/mol. The maximum atomic E-state index is 13.7. The fraction of sp³-hybridized carbons (Fsp3) is 0.469. The zero-order valence-electron chi connectivity index (χ0n) is 25.5. The van der Waals surface area contributed by atoms with Gasteiger partial charge in [0, 0.05) is 5.56 Å². The molecule has 0 aromatic heterocycles. The number of Topliss-reactive ketones (excluding diaryl/α,β-unsaturated/α-hetero) is 1. The fourth-order valence-electron chi connectivity index (χ4n) is 5.24. The second kappa shape index (κ2) is 17.6. The molecule has 3 N–H and O–H groups in total. The first-order chi connectivity index (χ1) is 21.6. The van der Waals surface area contributed by atoms with Gasteiger partial charge in [-0.15, -0.1) is 0 Å². The Hall–Kier alpha value is -4.65. The third kappa shape index (κ3) is 10.8. The number of hydrogen-bond acceptors (Lipinski definition) is 9. The molecule has 1 saturated carbocycles. The van der Waals surface area contributed by atoms with Gasteiger partial charge in [-0.2, -0.15) is 0 Å². The van der Waals surface area contributed by atoms with Gasteiger partial charge in [0.05, 0.1) is 24.7 Å². The van der Waals surface area contributed by atoms with Gasteiger partial charge in [0.25, 0.3) is 17.5 Å². The first-order valence-corrected chi connectivity index (χ1v) is 15.0. The molecule has 45 heavy (non-hydrogen) atoms. The molecule has 0 bridgehead atoms. The van der Waals surface area contributed by atoms with Crippen molar-refractivity contribution in [1.29, 1.82) is 0 Å². The number of rotatable bonds is 16. The van der Waals surface area contributed by atoms with Gasteiger partial charge in [0.15, 0.2) is 0 Å². The van der Waals surface area contributed by atoms with Crippen molar-refractivity contribution >= 4 is 35.2 Å². The van der Waals surface area contributed by atoms with Crippen molar-refractivity contribution in [3.8, 4) is 0 Å². The summed E-state index contributed by atoms with van der Waals surface area (Å²) < 4.78 is 10.5. The molecule has 3 rings (SSSR count). The van der Waals surface area contributed by atoms with E-state index in [9.17, 15) is 34.1 Å². The van der Waals surface area contributed by atoms with E-state index < -0.39 is 53.0 Å². The Kier molecular flexibility index (Phi) is 13.6. The summed E-state index contributed by atoms with van der Waals surface area (Å²) in [4.78, 5) is 75.7. The van der Waals surface area contributed by atoms with Crippen LogP contribution in [0, 0.1) is 23.0 Å². The third-order valence-corrected chi connectivity index (χ3v) is 7.53. The largest absolute Gasteiger partial charge is 0.465 e. The van der Waals surface area contributed by atoms with E-state index in [1.165, 1.54) is 25.1 Å². The number of ketones is 1. The second-order valence-corrected chi connectivity index (χ2v) is 10.9. The van der Waals surface area contributed by atoms with E-state index in [0.717, 1.165) is 37.7 Å². The SMILES string of the molecule is CCOC(=O)CNC(=O)C(=O)C(COCc1ccccc1)NC(=O)[C@H](CC1CCCCC1)NC(=O)c1cccc(C)c1[N+](=O)[O-]. The van der Waals surface area contributed by atoms with Crippen molar-refractivity contribution in [1.82, 2.24) is 16.0 Å². The number of amides is 3. The van der Waals surface area contributed by atoms with Crippen LogP contribution in [0.1, 0.15) is 66.9 Å². The molecule has 2 aromatic carbocycles. The highest BCUT2D eigenvalue weighted by atomic mass is 16.6. The molecule has 1 unspecified atom stereocenters. The number of nitro benzene ring substituents is 1. The van der Waals surface area contributed by atoms with Crippen molar-refractivity contribution in [2.45, 2.75) is 71.1 Å². The molecule has 3 amide bonds. The zero-order chi connectivity index (χ0) is 32.8. The Morgan fingerprint density at radius 2 is 1.67 bits per heavy atom. The molecule has 0 spiro atoms. The number of hydrogen-bond donors (Lipinski definition) is 3. The number of benzene rings is 2. The minimum atomic E-state index is -1.46. The Balaban J connectivity index is 1.81. The van der Waals surface area contributed by atoms with Crippen LogP contribution in [-0.4, -0.2) is 66.2 Å². The highest BCUT2D eigenvalue weighted by Crippen LogP contribution is 2.28. The minimum Gasteiger partial charge on any atom is -0.465 e. The minimum absolute atomic E-state index is 0.0875. The maximum Gasteiger partial charge on any atom is 0.325 e. The van der Waals surface area contributed by atoms with Gasteiger partial charge in [-0.25, -0.2) is 0 Å². The van der Waals surface area contributed by atoms with Gasteiger partial charge in [-0.3, -0.25) is 34.1 Å². The Bertz CT molecular complexity index is 1360. The molecule has 1 fully saturated rings. The standard InChI is InChI=1S/C32H40N4O9/c1-3-45-27(37)18-33-32(41)29(38)26(20-44-19-23-14-8-5-9-15-23)35-31(40)25(17-22-12-6-4-7-13-22)34-30(39)24-16-10-11-21(2)28(24)36(42)43/h5,8-11,14-16,22,25-26H,3-4,6-7,12-13,17-20H2,1-2H3,(H,33,41)(H,34,39)(H,35,40)/t25-,26?/m0/s1. The van der Waals surface area contributed by atoms with Crippen molar-refractivity contribution in [3.05, 3.63) is 75.3 Å². The number of nitrogens with zero attached hydrogens (tertiary/aromatic N) is 1. The summed E-state index contributed by atoms with van der Waals surface area (Å²) in [5.41, 5.74) is 0.519. The summed E-state index contributed by atoms with van der Waals surface area (Å²) in [5.74, 6) is -4.38. The molecule has 0 radical (unpaired) electrons. The summed E-state index contributed by atoms with van der Waals surface area (Å²) in [7, 11) is 0. The molecular formula is C32H40N4O9. The van der Waals surface area contributed by atoms with Crippen molar-refractivity contribution < 1.29 is 38.4 Å². The van der Waals surface area contributed by atoms with Crippen LogP contribution in [0.2, 0.25) is 0 Å². The Morgan fingerprint density at radius 1 is 0.956 bits per heavy atom. The van der Waals surface area contributed by atoms with E-state index in [0.29, 0.717) is 0 Å². The molecule has 2 aromatic rings. The summed E-state index contributed by atoms with van der Waals surface area (Å²) in [6.07, 6.45) is 4.90. The molecule has 13 nitrogen and oxygen atoms in total. The van der Waals surface area contributed by atoms with Gasteiger partial charge in [-0.1, -0.05) is 74.6 Å². The molecule has 242 valence electrons. The van der Waals surface area contributed by atoms with E-state index in [-0.39, 0.29) is 49.0 Å². The topological polar surface area (TPSA) is 183 Å². The van der Waals surface area contributed by atoms with Crippen LogP contribution in [0.4, 0.5) is 5.69 Å². The molecular weight excluding hydrogens is 584 g/mol. The van der Waals surface area contributed by atoms with Crippen molar-refractivity contribution in [3.63, 3.8) is 0 Å². The fourth-order valence-corrected chi connectivity index (χ4v) is 5.24. The van der Waals surface area contributed by atoms with Crippen LogP contribution < -0.4 is 16.0 Å². The molecule has 13 heteroatoms. The second-order valence-electron chi connectivity index (χ2n) is 10.9. The van der Waals surface area contributed by atoms with E-state index in [1.807, 2.05) is 30.3 Å². The average Bonchev–Trinajstić information content (AvgIpc) is 3.03. The van der Waals surface area contributed by atoms with Gasteiger partial charge in [0.2, 0.25) is 11.7 Å². The molecule has 2 atom stereocenters. The van der Waals surface area contributed by atoms with Crippen LogP contribution in [0.25, 0.3) is 0 Å². The van der Waals surface area contributed by atoms with Gasteiger partial charge < -0.3 is 25.4 Å². The Morgan fingerprint density at radius 3 is 2.33 bits per heavy atom. The lowest BCUT2D eigenvalue weighted by molar-refractivity contribution is -0.385. The van der Waals surface area contributed by atoms with E-state index in [1.54, 1.807) is 6.92 Å². The highest BCUT2D eigenvalue weighted by Gasteiger charge is 2.33. The summed E-state index contributed by atoms with van der Waals surface area (Å²) >= 11 is 0. The molecule has 0 saturated heterocycles. The summed E-state index contributed by atoms with van der Waals surface area (Å²) in [6.45, 7) is 2.37. The van der Waals surface area contributed by atoms with E-state index in [2.05, 4.69) is 16.0 Å². The summed E-state index contributed by atoms with van der Waals surface area (Å²) in [5, 5.41) is 19.1. The molecule has 1 aliphatic carbocycles. The van der Waals surface area contributed by atoms with Crippen molar-refractivity contribution in [2.24, 2.45) is 5.92 Å². The van der Waals surface area contributed by atoms with Crippen LogP contribution in [0.15, 0.2) is 48.5 Å². The number of esters is 1. The summed E-state index contributed by atoms with van der Waals surface area (Å²) in [6, 6.07) is 10.8. The van der Waals surface area contributed by atoms with Crippen LogP contribution in [0.3, 0.4) is 0 Å². The quantitative estimate of drug-likeness (QED) is 0.109. The third-order valence-electron chi connectivity index (χ3n) is 7.53. The number of aryl methyl sites for hydroxylation is 1. The number of para-hydroxylation sites is 1. The first kappa shape index (κ1) is 34.8. The monoisotopic (exact) mass is 624 g/mol. The number of nitro groups is 1. The van der Waals surface area contributed by atoms with Gasteiger partial charge in [0.1, 0.15) is 24.2 Å². The molecule has 0 aliphatic heterocycles. The normalized spacial score (nSPS) is 14.4. The maximum absolute atomic E-state index is 13.7. The lowest BCUT2D eigenvalue weighted by atomic mass is 9.84. The first-order valence-electron chi connectivity index (χ1n) is 15.0. The van der Waals surface area contributed by atoms with Gasteiger partial charge in [-0.05, 0) is 37.8 Å². The zero-order valence-corrected chi connectivity index (χ0v) is 25.5. The lowest BCUT2D eigenvalue weighted by Crippen LogP contribution is -2.56.